The zero-order valence-corrected chi connectivity index (χ0v) is 15.7. The molecule has 1 aromatic rings. The summed E-state index contributed by atoms with van der Waals surface area (Å²) < 4.78 is 11.2. The number of hydrogen-bond donors (Lipinski definition) is 1. The Hall–Kier alpha value is -1.44. The summed E-state index contributed by atoms with van der Waals surface area (Å²) in [7, 11) is 3.39. The molecule has 1 atom stereocenters. The molecule has 0 amide bonds. The predicted molar refractivity (Wildman–Crippen MR) is 95.9 cm³/mol. The van der Waals surface area contributed by atoms with Gasteiger partial charge in [0.05, 0.1) is 18.2 Å². The van der Waals surface area contributed by atoms with Gasteiger partial charge in [-0.1, -0.05) is 28.1 Å². The third-order valence-electron chi connectivity index (χ3n) is 3.70. The third kappa shape index (κ3) is 4.10. The van der Waals surface area contributed by atoms with Gasteiger partial charge in [-0.15, -0.1) is 0 Å². The van der Waals surface area contributed by atoms with Crippen molar-refractivity contribution in [3.05, 3.63) is 45.6 Å². The lowest BCUT2D eigenvalue weighted by Gasteiger charge is -2.35. The number of halogens is 1. The van der Waals surface area contributed by atoms with Gasteiger partial charge >= 0.3 is 5.97 Å². The molecule has 1 aromatic carbocycles. The van der Waals surface area contributed by atoms with Gasteiger partial charge in [0.1, 0.15) is 6.61 Å². The summed E-state index contributed by atoms with van der Waals surface area (Å²) in [5, 5.41) is 3.78. The standard InChI is InChI=1S/C16H19BrN2O3S/c1-10-13(15(20)22-9-8-21-3)14(18-16(23)19(10)2)11-4-6-12(17)7-5-11/h4-7,14H,8-9H2,1-3H3,(H,18,23)/t14-/m1/s1. The van der Waals surface area contributed by atoms with E-state index in [0.29, 0.717) is 17.3 Å². The lowest BCUT2D eigenvalue weighted by Crippen LogP contribution is -2.46. The minimum Gasteiger partial charge on any atom is -0.460 e. The maximum atomic E-state index is 12.5. The number of carbonyl (C=O) groups excluding carboxylic acids is 1. The van der Waals surface area contributed by atoms with Gasteiger partial charge in [-0.2, -0.15) is 0 Å². The van der Waals surface area contributed by atoms with Gasteiger partial charge in [0.25, 0.3) is 0 Å². The summed E-state index contributed by atoms with van der Waals surface area (Å²) in [6.07, 6.45) is 0. The van der Waals surface area contributed by atoms with E-state index < -0.39 is 0 Å². The van der Waals surface area contributed by atoms with Gasteiger partial charge in [0.2, 0.25) is 0 Å². The van der Waals surface area contributed by atoms with E-state index in [0.717, 1.165) is 15.7 Å². The van der Waals surface area contributed by atoms with Crippen LogP contribution in [0, 0.1) is 0 Å². The van der Waals surface area contributed by atoms with E-state index in [9.17, 15) is 4.79 Å². The van der Waals surface area contributed by atoms with Crippen molar-refractivity contribution in [3.63, 3.8) is 0 Å². The van der Waals surface area contributed by atoms with Crippen LogP contribution in [0.5, 0.6) is 0 Å². The number of nitrogens with zero attached hydrogens (tertiary/aromatic N) is 1. The maximum Gasteiger partial charge on any atom is 0.338 e. The van der Waals surface area contributed by atoms with Crippen molar-refractivity contribution in [2.75, 3.05) is 27.4 Å². The molecule has 5 nitrogen and oxygen atoms in total. The lowest BCUT2D eigenvalue weighted by molar-refractivity contribution is -0.140. The summed E-state index contributed by atoms with van der Waals surface area (Å²) in [6, 6.07) is 7.43. The fraction of sp³-hybridized carbons (Fsp3) is 0.375. The number of hydrogen-bond acceptors (Lipinski definition) is 4. The van der Waals surface area contributed by atoms with E-state index in [-0.39, 0.29) is 18.6 Å². The molecule has 0 fully saturated rings. The molecule has 1 aliphatic heterocycles. The van der Waals surface area contributed by atoms with Gasteiger partial charge in [0, 0.05) is 24.3 Å². The zero-order chi connectivity index (χ0) is 17.0. The Kier molecular flexibility index (Phi) is 6.15. The molecule has 0 bridgehead atoms. The maximum absolute atomic E-state index is 12.5. The molecule has 0 radical (unpaired) electrons. The molecular formula is C16H19BrN2O3S. The number of allylic oxidation sites excluding steroid dienone is 1. The highest BCUT2D eigenvalue weighted by atomic mass is 79.9. The largest absolute Gasteiger partial charge is 0.460 e. The highest BCUT2D eigenvalue weighted by Crippen LogP contribution is 2.31. The van der Waals surface area contributed by atoms with Crippen molar-refractivity contribution in [2.24, 2.45) is 0 Å². The van der Waals surface area contributed by atoms with Crippen LogP contribution in [0.4, 0.5) is 0 Å². The Bertz CT molecular complexity index is 631. The van der Waals surface area contributed by atoms with Crippen LogP contribution in [-0.4, -0.2) is 43.4 Å². The molecule has 1 N–H and O–H groups in total. The summed E-state index contributed by atoms with van der Waals surface area (Å²) >= 11 is 8.77. The van der Waals surface area contributed by atoms with E-state index in [2.05, 4.69) is 21.2 Å². The monoisotopic (exact) mass is 398 g/mol. The molecule has 0 saturated heterocycles. The van der Waals surface area contributed by atoms with Crippen molar-refractivity contribution in [2.45, 2.75) is 13.0 Å². The molecule has 1 heterocycles. The first-order valence-corrected chi connectivity index (χ1v) is 8.32. The Balaban J connectivity index is 2.35. The van der Waals surface area contributed by atoms with Crippen LogP contribution >= 0.6 is 28.1 Å². The van der Waals surface area contributed by atoms with Crippen LogP contribution in [0.15, 0.2) is 40.0 Å². The number of thiocarbonyl (C=S) groups is 1. The van der Waals surface area contributed by atoms with Crippen LogP contribution in [0.3, 0.4) is 0 Å². The van der Waals surface area contributed by atoms with Gasteiger partial charge < -0.3 is 19.7 Å². The van der Waals surface area contributed by atoms with E-state index in [1.54, 1.807) is 12.0 Å². The molecule has 0 spiro atoms. The van der Waals surface area contributed by atoms with Crippen LogP contribution < -0.4 is 5.32 Å². The first kappa shape index (κ1) is 17.9. The quantitative estimate of drug-likeness (QED) is 0.467. The van der Waals surface area contributed by atoms with Crippen molar-refractivity contribution >= 4 is 39.2 Å². The van der Waals surface area contributed by atoms with E-state index in [1.165, 1.54) is 0 Å². The topological polar surface area (TPSA) is 50.8 Å². The van der Waals surface area contributed by atoms with Gasteiger partial charge in [-0.25, -0.2) is 4.79 Å². The number of esters is 1. The Morgan fingerprint density at radius 3 is 2.61 bits per heavy atom. The van der Waals surface area contributed by atoms with E-state index in [1.807, 2.05) is 38.2 Å². The minimum absolute atomic E-state index is 0.216. The number of carbonyl (C=O) groups is 1. The highest BCUT2D eigenvalue weighted by molar-refractivity contribution is 9.10. The zero-order valence-electron chi connectivity index (χ0n) is 13.3. The van der Waals surface area contributed by atoms with E-state index in [4.69, 9.17) is 21.7 Å². The summed E-state index contributed by atoms with van der Waals surface area (Å²) in [6.45, 7) is 2.45. The number of ether oxygens (including phenoxy) is 2. The molecule has 0 saturated carbocycles. The van der Waals surface area contributed by atoms with Gasteiger partial charge in [-0.05, 0) is 36.8 Å². The summed E-state index contributed by atoms with van der Waals surface area (Å²) in [5.41, 5.74) is 2.28. The number of nitrogens with one attached hydrogen (secondary N) is 1. The van der Waals surface area contributed by atoms with Crippen LogP contribution in [0.1, 0.15) is 18.5 Å². The molecule has 124 valence electrons. The number of rotatable bonds is 5. The molecule has 1 aliphatic rings. The molecule has 2 rings (SSSR count). The second-order valence-corrected chi connectivity index (χ2v) is 6.42. The third-order valence-corrected chi connectivity index (χ3v) is 4.62. The fourth-order valence-corrected chi connectivity index (χ4v) is 2.82. The first-order valence-electron chi connectivity index (χ1n) is 7.12. The second kappa shape index (κ2) is 7.90. The molecular weight excluding hydrogens is 380 g/mol. The van der Waals surface area contributed by atoms with Crippen molar-refractivity contribution in [3.8, 4) is 0 Å². The summed E-state index contributed by atoms with van der Waals surface area (Å²) in [4.78, 5) is 14.3. The molecule has 7 heteroatoms. The Labute approximate surface area is 149 Å². The molecule has 0 aliphatic carbocycles. The van der Waals surface area contributed by atoms with Crippen molar-refractivity contribution in [1.82, 2.24) is 10.2 Å². The lowest BCUT2D eigenvalue weighted by atomic mass is 9.95. The van der Waals surface area contributed by atoms with Crippen molar-refractivity contribution in [1.29, 1.82) is 0 Å². The normalized spacial score (nSPS) is 18.0. The smallest absolute Gasteiger partial charge is 0.338 e. The van der Waals surface area contributed by atoms with Crippen molar-refractivity contribution < 1.29 is 14.3 Å². The molecule has 0 aromatic heterocycles. The minimum atomic E-state index is -0.366. The average Bonchev–Trinajstić information content (AvgIpc) is 2.53. The molecule has 23 heavy (non-hydrogen) atoms. The van der Waals surface area contributed by atoms with Crippen LogP contribution in [-0.2, 0) is 14.3 Å². The van der Waals surface area contributed by atoms with E-state index >= 15 is 0 Å². The fourth-order valence-electron chi connectivity index (χ4n) is 2.30. The molecule has 0 unspecified atom stereocenters. The SMILES string of the molecule is COCCOC(=O)C1=C(C)N(C)C(=S)N[C@@H]1c1ccc(Br)cc1. The second-order valence-electron chi connectivity index (χ2n) is 5.12. The van der Waals surface area contributed by atoms with Gasteiger partial charge in [-0.3, -0.25) is 0 Å². The van der Waals surface area contributed by atoms with Gasteiger partial charge in [0.15, 0.2) is 5.11 Å². The summed E-state index contributed by atoms with van der Waals surface area (Å²) in [5.74, 6) is -0.366. The van der Waals surface area contributed by atoms with Crippen LogP contribution in [0.2, 0.25) is 0 Å². The predicted octanol–water partition coefficient (Wildman–Crippen LogP) is 2.77. The first-order chi connectivity index (χ1) is 11.0. The Morgan fingerprint density at radius 2 is 2.00 bits per heavy atom. The van der Waals surface area contributed by atoms with Crippen LogP contribution in [0.25, 0.3) is 0 Å². The number of methoxy groups -OCH3 is 1. The highest BCUT2D eigenvalue weighted by Gasteiger charge is 2.33. The Morgan fingerprint density at radius 1 is 1.35 bits per heavy atom. The number of benzene rings is 1. The average molecular weight is 399 g/mol.